The first-order valence-corrected chi connectivity index (χ1v) is 41.3. The lowest BCUT2D eigenvalue weighted by molar-refractivity contribution is -0.311. The van der Waals surface area contributed by atoms with Crippen molar-refractivity contribution >= 4 is 109 Å². The Morgan fingerprint density at radius 3 is 1.20 bits per heavy atom. The second-order valence-electron chi connectivity index (χ2n) is 30.8. The molecule has 2 heterocycles. The van der Waals surface area contributed by atoms with Crippen LogP contribution >= 0.6 is 46.4 Å². The SMILES string of the molecule is C=CCCCCOC(=O)c1cccc(CCl)c1.C=CCOC(=O)CCl.CC1(C)CCCC(C)(C)N1OC(COC(=O)c1cccc(CCl)c1)c1ccccc1.CC1(C)CCCC(C)(C)N1OC(COC(=O)c1ccccc1)c1ccccc1.O=C(OCCCCc1ccc2ccc3cccc4ccc1c2c34)c1cccc(CCl)c1. The summed E-state index contributed by atoms with van der Waals surface area (Å²) in [4.78, 5) is 72.3. The minimum absolute atomic E-state index is 0.0851. The zero-order valence-electron chi connectivity index (χ0n) is 67.2. The van der Waals surface area contributed by atoms with Gasteiger partial charge in [-0.3, -0.25) is 14.5 Å². The fourth-order valence-corrected chi connectivity index (χ4v) is 15.0. The normalized spacial score (nSPS) is 15.1. The van der Waals surface area contributed by atoms with Gasteiger partial charge in [-0.25, -0.2) is 19.2 Å². The number of rotatable bonds is 30. The lowest BCUT2D eigenvalue weighted by Crippen LogP contribution is -2.58. The van der Waals surface area contributed by atoms with Gasteiger partial charge < -0.3 is 23.7 Å². The summed E-state index contributed by atoms with van der Waals surface area (Å²) < 4.78 is 26.4. The van der Waals surface area contributed by atoms with Crippen molar-refractivity contribution in [2.45, 2.75) is 184 Å². The van der Waals surface area contributed by atoms with Gasteiger partial charge in [-0.15, -0.1) is 53.0 Å². The maximum absolute atomic E-state index is 12.7. The molecule has 14 nitrogen and oxygen atoms in total. The number of nitrogens with zero attached hydrogens (tertiary/aromatic N) is 2. The minimum Gasteiger partial charge on any atom is -0.462 e. The monoisotopic (exact) mass is 1620 g/mol. The van der Waals surface area contributed by atoms with Gasteiger partial charge >= 0.3 is 29.8 Å². The van der Waals surface area contributed by atoms with Crippen molar-refractivity contribution in [1.82, 2.24) is 10.1 Å². The van der Waals surface area contributed by atoms with Crippen molar-refractivity contribution in [3.63, 3.8) is 0 Å². The Labute approximate surface area is 694 Å². The van der Waals surface area contributed by atoms with E-state index in [-0.39, 0.29) is 83.9 Å². The van der Waals surface area contributed by atoms with Crippen LogP contribution in [0.1, 0.15) is 213 Å². The highest BCUT2D eigenvalue weighted by atomic mass is 35.5. The first kappa shape index (κ1) is 90.6. The number of aryl methyl sites for hydroxylation is 1. The summed E-state index contributed by atoms with van der Waals surface area (Å²) in [5.41, 5.74) is 7.86. The highest BCUT2D eigenvalue weighted by Crippen LogP contribution is 2.43. The van der Waals surface area contributed by atoms with Crippen molar-refractivity contribution in [1.29, 1.82) is 0 Å². The number of esters is 5. The lowest BCUT2D eigenvalue weighted by atomic mass is 9.82. The second-order valence-corrected chi connectivity index (χ2v) is 31.9. The van der Waals surface area contributed by atoms with Crippen LogP contribution in [0, 0.1) is 0 Å². The molecular formula is C96H110Cl4N2O12. The molecule has 12 rings (SSSR count). The van der Waals surface area contributed by atoms with Crippen molar-refractivity contribution in [3.8, 4) is 0 Å². The van der Waals surface area contributed by atoms with E-state index in [1.165, 1.54) is 56.8 Å². The Morgan fingerprint density at radius 1 is 0.404 bits per heavy atom. The van der Waals surface area contributed by atoms with E-state index in [4.69, 9.17) is 75.0 Å². The van der Waals surface area contributed by atoms with E-state index in [9.17, 15) is 24.0 Å². The topological polar surface area (TPSA) is 156 Å². The summed E-state index contributed by atoms with van der Waals surface area (Å²) in [6.07, 6.45) is 14.8. The van der Waals surface area contributed by atoms with Crippen LogP contribution < -0.4 is 0 Å². The van der Waals surface area contributed by atoms with Crippen LogP contribution in [0.2, 0.25) is 0 Å². The molecule has 2 aliphatic rings. The number of benzene rings is 10. The number of unbranched alkanes of at least 4 members (excludes halogenated alkanes) is 3. The summed E-state index contributed by atoms with van der Waals surface area (Å²) in [6, 6.07) is 70.6. The summed E-state index contributed by atoms with van der Waals surface area (Å²) in [5, 5.41) is 12.1. The van der Waals surface area contributed by atoms with E-state index < -0.39 is 5.97 Å². The number of carbonyl (C=O) groups is 5. The average Bonchev–Trinajstić information content (AvgIpc) is 0.738. The molecule has 0 N–H and O–H groups in total. The molecule has 10 aromatic carbocycles. The van der Waals surface area contributed by atoms with Gasteiger partial charge in [0, 0.05) is 39.8 Å². The molecule has 0 saturated carbocycles. The molecule has 114 heavy (non-hydrogen) atoms. The third kappa shape index (κ3) is 27.1. The molecular weight excluding hydrogens is 1510 g/mol. The van der Waals surface area contributed by atoms with Crippen LogP contribution in [0.3, 0.4) is 0 Å². The molecule has 0 bridgehead atoms. The molecule has 0 spiro atoms. The highest BCUT2D eigenvalue weighted by molar-refractivity contribution is 6.26. The number of piperidine rings is 2. The van der Waals surface area contributed by atoms with Crippen LogP contribution in [-0.4, -0.2) is 101 Å². The van der Waals surface area contributed by atoms with Gasteiger partial charge in [-0.1, -0.05) is 189 Å². The average molecular weight is 1630 g/mol. The number of hydrogen-bond donors (Lipinski definition) is 0. The van der Waals surface area contributed by atoms with Crippen molar-refractivity contribution in [2.24, 2.45) is 0 Å². The highest BCUT2D eigenvalue weighted by Gasteiger charge is 2.45. The van der Waals surface area contributed by atoms with Gasteiger partial charge in [-0.2, -0.15) is 10.1 Å². The number of halogens is 4. The van der Waals surface area contributed by atoms with Crippen LogP contribution in [-0.2, 0) is 62.2 Å². The summed E-state index contributed by atoms with van der Waals surface area (Å²) in [5.74, 6) is -0.618. The van der Waals surface area contributed by atoms with Crippen molar-refractivity contribution in [3.05, 3.63) is 299 Å². The summed E-state index contributed by atoms with van der Waals surface area (Å²) in [6.45, 7) is 26.1. The Morgan fingerprint density at radius 2 is 0.781 bits per heavy atom. The zero-order chi connectivity index (χ0) is 82.1. The largest absolute Gasteiger partial charge is 0.462 e. The number of allylic oxidation sites excluding steroid dienone is 1. The number of hydroxylamine groups is 4. The number of alkyl halides is 4. The molecule has 604 valence electrons. The number of ether oxygens (including phenoxy) is 5. The van der Waals surface area contributed by atoms with E-state index in [1.54, 1.807) is 48.5 Å². The molecule has 10 aromatic rings. The fourth-order valence-electron chi connectivity index (χ4n) is 14.4. The van der Waals surface area contributed by atoms with Crippen LogP contribution in [0.15, 0.2) is 244 Å². The van der Waals surface area contributed by atoms with E-state index in [0.717, 1.165) is 92.0 Å². The zero-order valence-corrected chi connectivity index (χ0v) is 70.2. The number of hydrogen-bond acceptors (Lipinski definition) is 14. The molecule has 2 saturated heterocycles. The van der Waals surface area contributed by atoms with Crippen molar-refractivity contribution in [2.75, 3.05) is 38.9 Å². The predicted octanol–water partition coefficient (Wildman–Crippen LogP) is 24.3. The van der Waals surface area contributed by atoms with Crippen LogP contribution in [0.4, 0.5) is 0 Å². The first-order chi connectivity index (χ1) is 54.8. The first-order valence-electron chi connectivity index (χ1n) is 39.2. The molecule has 0 aromatic heterocycles. The molecule has 18 heteroatoms. The Kier molecular flexibility index (Phi) is 36.1. The fraction of sp³-hybridized carbons (Fsp3) is 0.365. The van der Waals surface area contributed by atoms with Gasteiger partial charge in [0.05, 0.1) is 35.5 Å². The van der Waals surface area contributed by atoms with E-state index >= 15 is 0 Å². The van der Waals surface area contributed by atoms with Crippen LogP contribution in [0.5, 0.6) is 0 Å². The van der Waals surface area contributed by atoms with E-state index in [2.05, 4.69) is 138 Å². The Balaban J connectivity index is 0.000000187. The third-order valence-corrected chi connectivity index (χ3v) is 21.2. The smallest absolute Gasteiger partial charge is 0.338 e. The third-order valence-electron chi connectivity index (χ3n) is 20.1. The van der Waals surface area contributed by atoms with Gasteiger partial charge in [0.25, 0.3) is 0 Å². The Bertz CT molecular complexity index is 4640. The minimum atomic E-state index is -0.411. The molecule has 2 unspecified atom stereocenters. The lowest BCUT2D eigenvalue weighted by Gasteiger charge is -2.52. The van der Waals surface area contributed by atoms with Gasteiger partial charge in [0.15, 0.2) is 0 Å². The van der Waals surface area contributed by atoms with Crippen molar-refractivity contribution < 1.29 is 57.3 Å². The standard InChI is InChI=1S/C28H23ClO2.C25H32ClNO3.C24H31NO3.C14H17ClO2.C5H7ClO2/c29-18-19-5-3-9-24(17-19)28(30)31-16-2-1-6-20-10-11-23-13-12-21-7-4-8-22-14-15-25(20)27(23)26(21)22;1-24(2)14-9-15-25(3,4)27(24)30-22(20-11-6-5-7-12-20)18-29-23(28)21-13-8-10-19(16-21)17-26;1-23(2)16-11-17-24(3,4)25(23)28-21(19-12-7-5-8-13-19)18-27-22(26)20-14-9-6-10-15-20;1-2-3-4-5-9-17-14(16)13-8-6-7-12(10-13)11-15;1-2-3-8-5(7)4-6/h3-5,7-15,17H,1-2,6,16,18H2;5-8,10-13,16,22H,9,14-15,17-18H2,1-4H3;5-10,12-15,21H,11,16-18H2,1-4H3;2,6-8,10H,1,3-5,9,11H2;2H,1,3-4H2. The maximum atomic E-state index is 12.7. The quantitative estimate of drug-likeness (QED) is 0.0105. The van der Waals surface area contributed by atoms with E-state index in [0.29, 0.717) is 53.1 Å². The van der Waals surface area contributed by atoms with Gasteiger partial charge in [-0.05, 0) is 247 Å². The molecule has 0 radical (unpaired) electrons. The van der Waals surface area contributed by atoms with Gasteiger partial charge in [0.2, 0.25) is 0 Å². The maximum Gasteiger partial charge on any atom is 0.338 e. The summed E-state index contributed by atoms with van der Waals surface area (Å²) in [7, 11) is 0. The molecule has 2 atom stereocenters. The predicted molar refractivity (Wildman–Crippen MR) is 463 cm³/mol. The van der Waals surface area contributed by atoms with Gasteiger partial charge in [0.1, 0.15) is 37.9 Å². The van der Waals surface area contributed by atoms with E-state index in [1.807, 2.05) is 121 Å². The molecule has 2 fully saturated rings. The Hall–Kier alpha value is -8.93. The summed E-state index contributed by atoms with van der Waals surface area (Å²) >= 11 is 22.5. The number of carbonyl (C=O) groups excluding carboxylic acids is 5. The molecule has 0 aliphatic carbocycles. The molecule has 0 amide bonds. The molecule has 2 aliphatic heterocycles. The van der Waals surface area contributed by atoms with Crippen LogP contribution in [0.25, 0.3) is 32.3 Å². The second kappa shape index (κ2) is 45.4.